The van der Waals surface area contributed by atoms with Crippen LogP contribution in [-0.2, 0) is 5.41 Å². The zero-order chi connectivity index (χ0) is 11.8. The molecule has 0 spiro atoms. The normalized spacial score (nSPS) is 12.2. The Labute approximate surface area is 97.1 Å². The molecule has 1 rings (SSSR count). The molecule has 1 heterocycles. The van der Waals surface area contributed by atoms with Crippen LogP contribution in [-0.4, -0.2) is 9.97 Å². The smallest absolute Gasteiger partial charge is 0.133 e. The van der Waals surface area contributed by atoms with Crippen LogP contribution in [0.1, 0.15) is 57.6 Å². The third-order valence-corrected chi connectivity index (χ3v) is 2.75. The molecule has 1 N–H and O–H groups in total. The highest BCUT2D eigenvalue weighted by Crippen LogP contribution is 2.23. The van der Waals surface area contributed by atoms with E-state index in [0.717, 1.165) is 21.7 Å². The fourth-order valence-corrected chi connectivity index (χ4v) is 2.11. The van der Waals surface area contributed by atoms with Crippen LogP contribution < -0.4 is 0 Å². The second-order valence-corrected chi connectivity index (χ2v) is 5.72. The summed E-state index contributed by atoms with van der Waals surface area (Å²) in [6, 6.07) is 0. The van der Waals surface area contributed by atoms with Gasteiger partial charge in [-0.1, -0.05) is 46.8 Å². The number of H-pyrrole nitrogens is 1. The molecule has 0 unspecified atom stereocenters. The summed E-state index contributed by atoms with van der Waals surface area (Å²) in [5.74, 6) is 1.39. The van der Waals surface area contributed by atoms with E-state index < -0.39 is 0 Å². The molecular formula is C12H20N2S. The summed E-state index contributed by atoms with van der Waals surface area (Å²) < 4.78 is 0.742. The molecule has 84 valence electrons. The van der Waals surface area contributed by atoms with Crippen LogP contribution in [0.3, 0.4) is 0 Å². The van der Waals surface area contributed by atoms with Gasteiger partial charge in [0.1, 0.15) is 10.5 Å². The average molecular weight is 224 g/mol. The predicted octanol–water partition coefficient (Wildman–Crippen LogP) is 3.87. The first-order valence-electron chi connectivity index (χ1n) is 5.34. The minimum Gasteiger partial charge on any atom is -0.347 e. The highest BCUT2D eigenvalue weighted by molar-refractivity contribution is 7.71. The summed E-state index contributed by atoms with van der Waals surface area (Å²) in [6.45, 7) is 12.8. The second-order valence-electron chi connectivity index (χ2n) is 5.33. The van der Waals surface area contributed by atoms with E-state index in [0.29, 0.717) is 5.92 Å². The maximum Gasteiger partial charge on any atom is 0.133 e. The van der Waals surface area contributed by atoms with Crippen LogP contribution in [0.25, 0.3) is 0 Å². The monoisotopic (exact) mass is 224 g/mol. The largest absolute Gasteiger partial charge is 0.347 e. The Bertz CT molecular complexity index is 411. The number of aromatic amines is 1. The Hall–Kier alpha value is -0.700. The lowest BCUT2D eigenvalue weighted by Gasteiger charge is -2.20. The number of nitrogens with zero attached hydrogens (tertiary/aromatic N) is 1. The molecule has 0 aliphatic heterocycles. The number of hydrogen-bond acceptors (Lipinski definition) is 2. The van der Waals surface area contributed by atoms with E-state index >= 15 is 0 Å². The SMILES string of the molecule is Cc1[nH]c(C(C)(C)C)nc(=S)c1C(C)C. The van der Waals surface area contributed by atoms with Crippen molar-refractivity contribution in [3.05, 3.63) is 21.7 Å². The summed E-state index contributed by atoms with van der Waals surface area (Å²) in [6.07, 6.45) is 0. The van der Waals surface area contributed by atoms with Crippen LogP contribution in [0, 0.1) is 11.6 Å². The maximum absolute atomic E-state index is 5.34. The van der Waals surface area contributed by atoms with Gasteiger partial charge in [0.2, 0.25) is 0 Å². The molecule has 0 amide bonds. The molecule has 15 heavy (non-hydrogen) atoms. The van der Waals surface area contributed by atoms with E-state index in [1.807, 2.05) is 0 Å². The van der Waals surface area contributed by atoms with Gasteiger partial charge < -0.3 is 4.98 Å². The van der Waals surface area contributed by atoms with Crippen molar-refractivity contribution in [2.24, 2.45) is 0 Å². The molecule has 1 aromatic rings. The Balaban J connectivity index is 3.39. The van der Waals surface area contributed by atoms with E-state index in [1.54, 1.807) is 0 Å². The summed E-state index contributed by atoms with van der Waals surface area (Å²) >= 11 is 5.34. The Morgan fingerprint density at radius 3 is 2.13 bits per heavy atom. The molecule has 0 aliphatic carbocycles. The molecule has 0 radical (unpaired) electrons. The number of nitrogens with one attached hydrogen (secondary N) is 1. The number of rotatable bonds is 1. The van der Waals surface area contributed by atoms with Crippen molar-refractivity contribution in [2.75, 3.05) is 0 Å². The lowest BCUT2D eigenvalue weighted by molar-refractivity contribution is 0.539. The first kappa shape index (κ1) is 12.4. The van der Waals surface area contributed by atoms with Crippen molar-refractivity contribution in [2.45, 2.75) is 52.9 Å². The first-order valence-corrected chi connectivity index (χ1v) is 5.75. The van der Waals surface area contributed by atoms with Gasteiger partial charge in [0.25, 0.3) is 0 Å². The topological polar surface area (TPSA) is 28.7 Å². The summed E-state index contributed by atoms with van der Waals surface area (Å²) in [5.41, 5.74) is 2.33. The molecule has 0 saturated carbocycles. The summed E-state index contributed by atoms with van der Waals surface area (Å²) in [4.78, 5) is 7.85. The van der Waals surface area contributed by atoms with Crippen LogP contribution in [0.4, 0.5) is 0 Å². The summed E-state index contributed by atoms with van der Waals surface area (Å²) in [5, 5.41) is 0. The van der Waals surface area contributed by atoms with Crippen LogP contribution in [0.5, 0.6) is 0 Å². The Morgan fingerprint density at radius 2 is 1.80 bits per heavy atom. The van der Waals surface area contributed by atoms with Gasteiger partial charge in [-0.05, 0) is 12.8 Å². The highest BCUT2D eigenvalue weighted by Gasteiger charge is 2.18. The zero-order valence-electron chi connectivity index (χ0n) is 10.4. The maximum atomic E-state index is 5.34. The molecular weight excluding hydrogens is 204 g/mol. The second kappa shape index (κ2) is 4.05. The third kappa shape index (κ3) is 2.65. The van der Waals surface area contributed by atoms with E-state index in [9.17, 15) is 0 Å². The van der Waals surface area contributed by atoms with Crippen LogP contribution in [0.2, 0.25) is 0 Å². The molecule has 2 nitrogen and oxygen atoms in total. The number of aromatic nitrogens is 2. The van der Waals surface area contributed by atoms with Crippen molar-refractivity contribution in [1.29, 1.82) is 0 Å². The zero-order valence-corrected chi connectivity index (χ0v) is 11.2. The first-order chi connectivity index (χ1) is 6.73. The summed E-state index contributed by atoms with van der Waals surface area (Å²) in [7, 11) is 0. The van der Waals surface area contributed by atoms with E-state index in [-0.39, 0.29) is 5.41 Å². The van der Waals surface area contributed by atoms with Gasteiger partial charge in [-0.2, -0.15) is 0 Å². The number of aryl methyl sites for hydroxylation is 1. The molecule has 1 aromatic heterocycles. The predicted molar refractivity (Wildman–Crippen MR) is 66.9 cm³/mol. The van der Waals surface area contributed by atoms with Crippen molar-refractivity contribution in [1.82, 2.24) is 9.97 Å². The average Bonchev–Trinajstić information content (AvgIpc) is 1.99. The van der Waals surface area contributed by atoms with Crippen LogP contribution >= 0.6 is 12.2 Å². The van der Waals surface area contributed by atoms with Crippen molar-refractivity contribution in [3.63, 3.8) is 0 Å². The Morgan fingerprint density at radius 1 is 1.27 bits per heavy atom. The van der Waals surface area contributed by atoms with E-state index in [2.05, 4.69) is 51.5 Å². The fraction of sp³-hybridized carbons (Fsp3) is 0.667. The van der Waals surface area contributed by atoms with Crippen molar-refractivity contribution in [3.8, 4) is 0 Å². The van der Waals surface area contributed by atoms with Gasteiger partial charge >= 0.3 is 0 Å². The van der Waals surface area contributed by atoms with E-state index in [1.165, 1.54) is 0 Å². The number of hydrogen-bond donors (Lipinski definition) is 1. The minimum absolute atomic E-state index is 0.0217. The molecule has 0 bridgehead atoms. The van der Waals surface area contributed by atoms with Crippen molar-refractivity contribution >= 4 is 12.2 Å². The fourth-order valence-electron chi connectivity index (χ4n) is 1.63. The molecule has 0 aliphatic rings. The van der Waals surface area contributed by atoms with Gasteiger partial charge in [-0.15, -0.1) is 0 Å². The molecule has 0 fully saturated rings. The standard InChI is InChI=1S/C12H20N2S/c1-7(2)9-8(3)13-11(12(4,5)6)14-10(9)15/h7H,1-6H3,(H,13,14,15). The highest BCUT2D eigenvalue weighted by atomic mass is 32.1. The van der Waals surface area contributed by atoms with Gasteiger partial charge in [0, 0.05) is 16.7 Å². The lowest BCUT2D eigenvalue weighted by Crippen LogP contribution is -2.18. The molecule has 0 atom stereocenters. The van der Waals surface area contributed by atoms with Crippen molar-refractivity contribution < 1.29 is 0 Å². The van der Waals surface area contributed by atoms with Gasteiger partial charge in [0.05, 0.1) is 0 Å². The molecule has 3 heteroatoms. The Kier molecular flexibility index (Phi) is 3.34. The third-order valence-electron chi connectivity index (χ3n) is 2.44. The quantitative estimate of drug-likeness (QED) is 0.734. The molecule has 0 aromatic carbocycles. The van der Waals surface area contributed by atoms with Gasteiger partial charge in [-0.25, -0.2) is 4.98 Å². The van der Waals surface area contributed by atoms with Gasteiger partial charge in [0.15, 0.2) is 0 Å². The van der Waals surface area contributed by atoms with Gasteiger partial charge in [-0.3, -0.25) is 0 Å². The van der Waals surface area contributed by atoms with E-state index in [4.69, 9.17) is 12.2 Å². The van der Waals surface area contributed by atoms with Crippen LogP contribution in [0.15, 0.2) is 0 Å². The lowest BCUT2D eigenvalue weighted by atomic mass is 9.95. The minimum atomic E-state index is 0.0217. The molecule has 0 saturated heterocycles.